The van der Waals surface area contributed by atoms with Crippen LogP contribution in [0.3, 0.4) is 0 Å². The lowest BCUT2D eigenvalue weighted by atomic mass is 10.2. The Kier molecular flexibility index (Phi) is 7.11. The molecule has 1 N–H and O–H groups in total. The summed E-state index contributed by atoms with van der Waals surface area (Å²) in [5.74, 6) is 1.19. The number of carbonyl (C=O) groups excluding carboxylic acids is 1. The Labute approximate surface area is 156 Å². The molecule has 0 unspecified atom stereocenters. The predicted molar refractivity (Wildman–Crippen MR) is 106 cm³/mol. The van der Waals surface area contributed by atoms with Gasteiger partial charge in [0, 0.05) is 15.3 Å². The van der Waals surface area contributed by atoms with Crippen LogP contribution < -0.4 is 14.8 Å². The third-order valence-electron chi connectivity index (χ3n) is 3.19. The van der Waals surface area contributed by atoms with Gasteiger partial charge in [0.25, 0.3) is 0 Å². The van der Waals surface area contributed by atoms with E-state index in [1.807, 2.05) is 42.5 Å². The molecule has 0 aliphatic carbocycles. The highest BCUT2D eigenvalue weighted by molar-refractivity contribution is 14.1. The van der Waals surface area contributed by atoms with E-state index in [-0.39, 0.29) is 5.91 Å². The average molecular weight is 437 g/mol. The van der Waals surface area contributed by atoms with Gasteiger partial charge in [-0.25, -0.2) is 0 Å². The van der Waals surface area contributed by atoms with Crippen LogP contribution in [0.5, 0.6) is 11.5 Å². The number of ether oxygens (including phenoxy) is 2. The fraction of sp³-hybridized carbons (Fsp3) is 0.211. The highest BCUT2D eigenvalue weighted by Crippen LogP contribution is 2.28. The van der Waals surface area contributed by atoms with E-state index in [1.165, 1.54) is 6.08 Å². The zero-order chi connectivity index (χ0) is 17.4. The summed E-state index contributed by atoms with van der Waals surface area (Å²) in [5.41, 5.74) is 1.64. The summed E-state index contributed by atoms with van der Waals surface area (Å²) in [6, 6.07) is 13.2. The van der Waals surface area contributed by atoms with Crippen molar-refractivity contribution in [3.05, 3.63) is 57.7 Å². The molecule has 2 aromatic rings. The summed E-state index contributed by atoms with van der Waals surface area (Å²) < 4.78 is 12.1. The maximum Gasteiger partial charge on any atom is 0.248 e. The minimum absolute atomic E-state index is 0.179. The largest absolute Gasteiger partial charge is 0.493 e. The first-order valence-corrected chi connectivity index (χ1v) is 8.75. The Hall–Kier alpha value is -2.02. The molecule has 126 valence electrons. The van der Waals surface area contributed by atoms with Crippen molar-refractivity contribution in [2.24, 2.45) is 0 Å². The van der Waals surface area contributed by atoms with Gasteiger partial charge in [-0.05, 0) is 77.0 Å². The molecule has 0 aliphatic heterocycles. The van der Waals surface area contributed by atoms with Crippen molar-refractivity contribution < 1.29 is 14.3 Å². The van der Waals surface area contributed by atoms with Gasteiger partial charge in [0.2, 0.25) is 5.91 Å². The molecule has 0 atom stereocenters. The van der Waals surface area contributed by atoms with Crippen LogP contribution in [0.25, 0.3) is 6.08 Å². The quantitative estimate of drug-likeness (QED) is 0.503. The first-order valence-electron chi connectivity index (χ1n) is 7.68. The van der Waals surface area contributed by atoms with Crippen LogP contribution in [-0.2, 0) is 4.79 Å². The highest BCUT2D eigenvalue weighted by atomic mass is 127. The number of carbonyl (C=O) groups is 1. The minimum Gasteiger partial charge on any atom is -0.493 e. The summed E-state index contributed by atoms with van der Waals surface area (Å²) >= 11 is 2.22. The Morgan fingerprint density at radius 3 is 2.58 bits per heavy atom. The number of benzene rings is 2. The molecule has 2 rings (SSSR count). The second-order valence-electron chi connectivity index (χ2n) is 5.09. The van der Waals surface area contributed by atoms with Crippen molar-refractivity contribution in [1.82, 2.24) is 0 Å². The van der Waals surface area contributed by atoms with E-state index in [1.54, 1.807) is 13.2 Å². The molecule has 0 heterocycles. The second kappa shape index (κ2) is 9.32. The number of hydrogen-bond donors (Lipinski definition) is 1. The molecule has 1 amide bonds. The van der Waals surface area contributed by atoms with Gasteiger partial charge in [0.15, 0.2) is 11.5 Å². The number of hydrogen-bond acceptors (Lipinski definition) is 3. The number of amides is 1. The van der Waals surface area contributed by atoms with Gasteiger partial charge in [-0.1, -0.05) is 13.0 Å². The first-order chi connectivity index (χ1) is 11.6. The van der Waals surface area contributed by atoms with Crippen LogP contribution in [0.15, 0.2) is 48.5 Å². The van der Waals surface area contributed by atoms with Gasteiger partial charge in [0.1, 0.15) is 0 Å². The van der Waals surface area contributed by atoms with Gasteiger partial charge >= 0.3 is 0 Å². The number of methoxy groups -OCH3 is 1. The molecule has 4 nitrogen and oxygen atoms in total. The fourth-order valence-electron chi connectivity index (χ4n) is 2.01. The van der Waals surface area contributed by atoms with Crippen molar-refractivity contribution in [1.29, 1.82) is 0 Å². The van der Waals surface area contributed by atoms with Gasteiger partial charge in [0.05, 0.1) is 13.7 Å². The molecule has 0 bridgehead atoms. The highest BCUT2D eigenvalue weighted by Gasteiger charge is 2.05. The summed E-state index contributed by atoms with van der Waals surface area (Å²) in [5, 5.41) is 2.82. The number of nitrogens with one attached hydrogen (secondary N) is 1. The summed E-state index contributed by atoms with van der Waals surface area (Å²) in [6.07, 6.45) is 4.18. The van der Waals surface area contributed by atoms with Crippen molar-refractivity contribution in [2.75, 3.05) is 19.0 Å². The minimum atomic E-state index is -0.179. The Bertz CT molecular complexity index is 711. The third kappa shape index (κ3) is 5.56. The number of anilines is 1. The lowest BCUT2D eigenvalue weighted by Crippen LogP contribution is -2.07. The van der Waals surface area contributed by atoms with E-state index in [2.05, 4.69) is 34.8 Å². The zero-order valence-corrected chi connectivity index (χ0v) is 15.9. The standard InChI is InChI=1S/C19H20INO3/c1-3-12-24-17-10-4-14(13-18(17)23-2)5-11-19(22)21-16-8-6-15(20)7-9-16/h4-11,13H,3,12H2,1-2H3,(H,21,22)/b11-5+. The van der Waals surface area contributed by atoms with Crippen molar-refractivity contribution in [2.45, 2.75) is 13.3 Å². The lowest BCUT2D eigenvalue weighted by molar-refractivity contribution is -0.111. The van der Waals surface area contributed by atoms with E-state index in [9.17, 15) is 4.79 Å². The Morgan fingerprint density at radius 1 is 1.17 bits per heavy atom. The maximum atomic E-state index is 12.0. The summed E-state index contributed by atoms with van der Waals surface area (Å²) in [6.45, 7) is 2.69. The summed E-state index contributed by atoms with van der Waals surface area (Å²) in [7, 11) is 1.60. The molecule has 24 heavy (non-hydrogen) atoms. The van der Waals surface area contributed by atoms with Crippen LogP contribution in [0.1, 0.15) is 18.9 Å². The normalized spacial score (nSPS) is 10.6. The second-order valence-corrected chi connectivity index (χ2v) is 6.33. The van der Waals surface area contributed by atoms with Crippen molar-refractivity contribution >= 4 is 40.3 Å². The SMILES string of the molecule is CCCOc1ccc(/C=C/C(=O)Nc2ccc(I)cc2)cc1OC. The molecule has 0 spiro atoms. The molecule has 0 fully saturated rings. The monoisotopic (exact) mass is 437 g/mol. The third-order valence-corrected chi connectivity index (χ3v) is 3.91. The maximum absolute atomic E-state index is 12.0. The Balaban J connectivity index is 2.02. The number of rotatable bonds is 7. The van der Waals surface area contributed by atoms with Crippen LogP contribution in [0.2, 0.25) is 0 Å². The average Bonchev–Trinajstić information content (AvgIpc) is 2.60. The molecular formula is C19H20INO3. The van der Waals surface area contributed by atoms with E-state index < -0.39 is 0 Å². The first kappa shape index (κ1) is 18.3. The van der Waals surface area contributed by atoms with Crippen molar-refractivity contribution in [3.8, 4) is 11.5 Å². The molecule has 0 saturated carbocycles. The molecule has 0 aliphatic rings. The van der Waals surface area contributed by atoms with Gasteiger partial charge in [-0.2, -0.15) is 0 Å². The van der Waals surface area contributed by atoms with E-state index in [4.69, 9.17) is 9.47 Å². The van der Waals surface area contributed by atoms with Crippen LogP contribution >= 0.6 is 22.6 Å². The number of halogens is 1. The molecule has 0 aromatic heterocycles. The topological polar surface area (TPSA) is 47.6 Å². The lowest BCUT2D eigenvalue weighted by Gasteiger charge is -2.10. The van der Waals surface area contributed by atoms with Gasteiger partial charge in [-0.15, -0.1) is 0 Å². The van der Waals surface area contributed by atoms with E-state index >= 15 is 0 Å². The fourth-order valence-corrected chi connectivity index (χ4v) is 2.37. The smallest absolute Gasteiger partial charge is 0.248 e. The van der Waals surface area contributed by atoms with E-state index in [0.717, 1.165) is 21.2 Å². The molecule has 0 radical (unpaired) electrons. The zero-order valence-electron chi connectivity index (χ0n) is 13.7. The van der Waals surface area contributed by atoms with Crippen LogP contribution in [0.4, 0.5) is 5.69 Å². The van der Waals surface area contributed by atoms with Crippen LogP contribution in [0, 0.1) is 3.57 Å². The van der Waals surface area contributed by atoms with Gasteiger partial charge < -0.3 is 14.8 Å². The van der Waals surface area contributed by atoms with E-state index in [0.29, 0.717) is 18.1 Å². The van der Waals surface area contributed by atoms with Crippen molar-refractivity contribution in [3.63, 3.8) is 0 Å². The molecule has 5 heteroatoms. The Morgan fingerprint density at radius 2 is 1.92 bits per heavy atom. The molecule has 2 aromatic carbocycles. The van der Waals surface area contributed by atoms with Gasteiger partial charge in [-0.3, -0.25) is 4.79 Å². The predicted octanol–water partition coefficient (Wildman–Crippen LogP) is 4.74. The molecular weight excluding hydrogens is 417 g/mol. The molecule has 0 saturated heterocycles. The van der Waals surface area contributed by atoms with Crippen LogP contribution in [-0.4, -0.2) is 19.6 Å². The summed E-state index contributed by atoms with van der Waals surface area (Å²) in [4.78, 5) is 12.0.